The van der Waals surface area contributed by atoms with Crippen LogP contribution in [0.3, 0.4) is 0 Å². The van der Waals surface area contributed by atoms with E-state index in [0.717, 1.165) is 23.4 Å². The van der Waals surface area contributed by atoms with Crippen molar-refractivity contribution in [3.63, 3.8) is 0 Å². The molecule has 0 fully saturated rings. The second kappa shape index (κ2) is 5.20. The van der Waals surface area contributed by atoms with Crippen LogP contribution in [0.5, 0.6) is 5.75 Å². The van der Waals surface area contributed by atoms with E-state index in [1.54, 1.807) is 0 Å². The third-order valence-corrected chi connectivity index (χ3v) is 3.42. The fraction of sp³-hybridized carbons (Fsp3) is 0.214. The summed E-state index contributed by atoms with van der Waals surface area (Å²) in [7, 11) is 0. The zero-order chi connectivity index (χ0) is 14.1. The van der Waals surface area contributed by atoms with Gasteiger partial charge in [-0.2, -0.15) is 0 Å². The van der Waals surface area contributed by atoms with Gasteiger partial charge in [-0.15, -0.1) is 0 Å². The van der Waals surface area contributed by atoms with Crippen molar-refractivity contribution >= 4 is 27.5 Å². The molecule has 1 aromatic carbocycles. The van der Waals surface area contributed by atoms with E-state index in [2.05, 4.69) is 31.2 Å². The monoisotopic (exact) mass is 333 g/mol. The second-order valence-electron chi connectivity index (χ2n) is 4.63. The highest BCUT2D eigenvalue weighted by Gasteiger charge is 2.19. The van der Waals surface area contributed by atoms with Crippen molar-refractivity contribution in [2.24, 2.45) is 0 Å². The van der Waals surface area contributed by atoms with E-state index in [1.165, 1.54) is 12.4 Å². The zero-order valence-corrected chi connectivity index (χ0v) is 12.3. The SMILES string of the molecule is CC1Cc2cc(NC(=O)c3cnc(Br)cn3)ccc2O1. The van der Waals surface area contributed by atoms with Crippen molar-refractivity contribution in [2.75, 3.05) is 5.32 Å². The molecule has 0 spiro atoms. The molecule has 0 bridgehead atoms. The lowest BCUT2D eigenvalue weighted by Gasteiger charge is -2.06. The lowest BCUT2D eigenvalue weighted by molar-refractivity contribution is 0.102. The first-order valence-electron chi connectivity index (χ1n) is 6.20. The molecular weight excluding hydrogens is 322 g/mol. The van der Waals surface area contributed by atoms with E-state index in [0.29, 0.717) is 4.60 Å². The van der Waals surface area contributed by atoms with Crippen LogP contribution in [0.4, 0.5) is 5.69 Å². The molecule has 0 aliphatic carbocycles. The molecule has 1 unspecified atom stereocenters. The van der Waals surface area contributed by atoms with E-state index in [1.807, 2.05) is 25.1 Å². The smallest absolute Gasteiger partial charge is 0.275 e. The lowest BCUT2D eigenvalue weighted by atomic mass is 10.1. The number of nitrogens with zero attached hydrogens (tertiary/aromatic N) is 2. The number of benzene rings is 1. The average Bonchev–Trinajstić information content (AvgIpc) is 2.78. The van der Waals surface area contributed by atoms with Gasteiger partial charge in [-0.1, -0.05) is 0 Å². The molecule has 1 aliphatic heterocycles. The van der Waals surface area contributed by atoms with E-state index in [-0.39, 0.29) is 17.7 Å². The first-order valence-corrected chi connectivity index (χ1v) is 6.99. The lowest BCUT2D eigenvalue weighted by Crippen LogP contribution is -2.14. The van der Waals surface area contributed by atoms with Gasteiger partial charge in [0.25, 0.3) is 5.91 Å². The largest absolute Gasteiger partial charge is 0.490 e. The molecule has 3 rings (SSSR count). The van der Waals surface area contributed by atoms with Crippen LogP contribution >= 0.6 is 15.9 Å². The molecular formula is C14H12BrN3O2. The molecule has 102 valence electrons. The summed E-state index contributed by atoms with van der Waals surface area (Å²) >= 11 is 3.18. The Balaban J connectivity index is 1.77. The van der Waals surface area contributed by atoms with Crippen LogP contribution in [0.15, 0.2) is 35.2 Å². The summed E-state index contributed by atoms with van der Waals surface area (Å²) in [5, 5.41) is 2.81. The molecule has 2 heterocycles. The van der Waals surface area contributed by atoms with Crippen LogP contribution < -0.4 is 10.1 Å². The molecule has 1 aliphatic rings. The molecule has 1 aromatic heterocycles. The molecule has 1 amide bonds. The maximum atomic E-state index is 12.0. The normalized spacial score (nSPS) is 16.4. The summed E-state index contributed by atoms with van der Waals surface area (Å²) in [4.78, 5) is 20.0. The molecule has 1 N–H and O–H groups in total. The van der Waals surface area contributed by atoms with Gasteiger partial charge in [0, 0.05) is 12.1 Å². The molecule has 20 heavy (non-hydrogen) atoms. The minimum Gasteiger partial charge on any atom is -0.490 e. The van der Waals surface area contributed by atoms with Crippen LogP contribution in [-0.4, -0.2) is 22.0 Å². The topological polar surface area (TPSA) is 64.1 Å². The standard InChI is InChI=1S/C14H12BrN3O2/c1-8-4-9-5-10(2-3-12(9)20-8)18-14(19)11-6-17-13(15)7-16-11/h2-3,5-8H,4H2,1H3,(H,18,19). The Kier molecular flexibility index (Phi) is 3.40. The Labute approximate surface area is 124 Å². The number of fused-ring (bicyclic) bond motifs is 1. The van der Waals surface area contributed by atoms with Crippen LogP contribution in [-0.2, 0) is 6.42 Å². The van der Waals surface area contributed by atoms with Crippen LogP contribution in [0.1, 0.15) is 23.0 Å². The number of halogens is 1. The molecule has 6 heteroatoms. The quantitative estimate of drug-likeness (QED) is 0.917. The fourth-order valence-corrected chi connectivity index (χ4v) is 2.33. The summed E-state index contributed by atoms with van der Waals surface area (Å²) in [5.41, 5.74) is 2.12. The Morgan fingerprint density at radius 1 is 1.40 bits per heavy atom. The van der Waals surface area contributed by atoms with E-state index >= 15 is 0 Å². The van der Waals surface area contributed by atoms with Crippen LogP contribution in [0.2, 0.25) is 0 Å². The van der Waals surface area contributed by atoms with Gasteiger partial charge in [0.2, 0.25) is 0 Å². The van der Waals surface area contributed by atoms with Crippen molar-refractivity contribution < 1.29 is 9.53 Å². The molecule has 0 radical (unpaired) electrons. The molecule has 2 aromatic rings. The summed E-state index contributed by atoms with van der Waals surface area (Å²) in [6.07, 6.45) is 3.97. The minimum absolute atomic E-state index is 0.188. The fourth-order valence-electron chi connectivity index (χ4n) is 2.12. The first kappa shape index (κ1) is 13.1. The van der Waals surface area contributed by atoms with E-state index in [4.69, 9.17) is 4.74 Å². The minimum atomic E-state index is -0.281. The number of hydrogen-bond acceptors (Lipinski definition) is 4. The van der Waals surface area contributed by atoms with E-state index in [9.17, 15) is 4.79 Å². The highest BCUT2D eigenvalue weighted by molar-refractivity contribution is 9.10. The van der Waals surface area contributed by atoms with Gasteiger partial charge in [-0.05, 0) is 46.6 Å². The number of nitrogens with one attached hydrogen (secondary N) is 1. The number of amides is 1. The summed E-state index contributed by atoms with van der Waals surface area (Å²) in [6.45, 7) is 2.02. The van der Waals surface area contributed by atoms with Gasteiger partial charge >= 0.3 is 0 Å². The summed E-state index contributed by atoms with van der Waals surface area (Å²) in [6, 6.07) is 5.63. The Bertz CT molecular complexity index is 658. The van der Waals surface area contributed by atoms with Crippen LogP contribution in [0, 0.1) is 0 Å². The predicted molar refractivity (Wildman–Crippen MR) is 77.9 cm³/mol. The number of aromatic nitrogens is 2. The summed E-state index contributed by atoms with van der Waals surface area (Å²) in [5.74, 6) is 0.607. The predicted octanol–water partition coefficient (Wildman–Crippen LogP) is 2.81. The van der Waals surface area contributed by atoms with Crippen molar-refractivity contribution in [1.82, 2.24) is 9.97 Å². The zero-order valence-electron chi connectivity index (χ0n) is 10.8. The highest BCUT2D eigenvalue weighted by Crippen LogP contribution is 2.31. The van der Waals surface area contributed by atoms with Crippen LogP contribution in [0.25, 0.3) is 0 Å². The van der Waals surface area contributed by atoms with Gasteiger partial charge < -0.3 is 10.1 Å². The van der Waals surface area contributed by atoms with Gasteiger partial charge in [-0.25, -0.2) is 9.97 Å². The maximum absolute atomic E-state index is 12.0. The summed E-state index contributed by atoms with van der Waals surface area (Å²) < 4.78 is 6.22. The van der Waals surface area contributed by atoms with Gasteiger partial charge in [0.1, 0.15) is 22.2 Å². The van der Waals surface area contributed by atoms with Crippen molar-refractivity contribution in [3.8, 4) is 5.75 Å². The number of rotatable bonds is 2. The average molecular weight is 334 g/mol. The van der Waals surface area contributed by atoms with Crippen molar-refractivity contribution in [1.29, 1.82) is 0 Å². The van der Waals surface area contributed by atoms with Gasteiger partial charge in [0.15, 0.2) is 0 Å². The number of carbonyl (C=O) groups is 1. The first-order chi connectivity index (χ1) is 9.61. The van der Waals surface area contributed by atoms with Crippen molar-refractivity contribution in [2.45, 2.75) is 19.4 Å². The third-order valence-electron chi connectivity index (χ3n) is 3.01. The van der Waals surface area contributed by atoms with Crippen molar-refractivity contribution in [3.05, 3.63) is 46.5 Å². The number of ether oxygens (including phenoxy) is 1. The molecule has 5 nitrogen and oxygen atoms in total. The van der Waals surface area contributed by atoms with E-state index < -0.39 is 0 Å². The Hall–Kier alpha value is -1.95. The highest BCUT2D eigenvalue weighted by atomic mass is 79.9. The van der Waals surface area contributed by atoms with Gasteiger partial charge in [0.05, 0.1) is 12.4 Å². The second-order valence-corrected chi connectivity index (χ2v) is 5.45. The number of hydrogen-bond donors (Lipinski definition) is 1. The Morgan fingerprint density at radius 3 is 3.00 bits per heavy atom. The third kappa shape index (κ3) is 2.65. The maximum Gasteiger partial charge on any atom is 0.275 e. The number of anilines is 1. The Morgan fingerprint density at radius 2 is 2.25 bits per heavy atom. The molecule has 0 saturated carbocycles. The molecule has 1 atom stereocenters. The van der Waals surface area contributed by atoms with Gasteiger partial charge in [-0.3, -0.25) is 4.79 Å². The molecule has 0 saturated heterocycles. The number of carbonyl (C=O) groups excluding carboxylic acids is 1.